The molecule has 1 aromatic carbocycles. The minimum atomic E-state index is 0.486. The molecule has 1 heterocycles. The molecule has 3 nitrogen and oxygen atoms in total. The maximum Gasteiger partial charge on any atom is 0.124 e. The van der Waals surface area contributed by atoms with Gasteiger partial charge in [0.15, 0.2) is 0 Å². The van der Waals surface area contributed by atoms with E-state index in [1.807, 2.05) is 18.2 Å². The largest absolute Gasteiger partial charge is 0.496 e. The minimum Gasteiger partial charge on any atom is -0.496 e. The van der Waals surface area contributed by atoms with E-state index in [9.17, 15) is 0 Å². The van der Waals surface area contributed by atoms with E-state index in [0.717, 1.165) is 29.4 Å². The average molecular weight is 311 g/mol. The van der Waals surface area contributed by atoms with Crippen molar-refractivity contribution >= 4 is 11.6 Å². The third-order valence-electron chi connectivity index (χ3n) is 4.59. The zero-order valence-corrected chi connectivity index (χ0v) is 14.1. The molecule has 0 spiro atoms. The van der Waals surface area contributed by atoms with Crippen LogP contribution in [-0.4, -0.2) is 37.7 Å². The first kappa shape index (κ1) is 16.6. The first-order valence-corrected chi connectivity index (χ1v) is 8.30. The molecule has 0 aliphatic carbocycles. The van der Waals surface area contributed by atoms with Crippen LogP contribution in [-0.2, 0) is 6.54 Å². The van der Waals surface area contributed by atoms with Crippen LogP contribution < -0.4 is 10.1 Å². The van der Waals surface area contributed by atoms with Crippen molar-refractivity contribution in [2.75, 3.05) is 26.7 Å². The maximum absolute atomic E-state index is 6.29. The van der Waals surface area contributed by atoms with Crippen LogP contribution in [0.5, 0.6) is 5.75 Å². The Bertz CT molecular complexity index is 452. The highest BCUT2D eigenvalue weighted by Gasteiger charge is 2.23. The number of hydrogen-bond acceptors (Lipinski definition) is 3. The number of likely N-dealkylation sites (tertiary alicyclic amines) is 1. The normalized spacial score (nSPS) is 21.2. The molecule has 118 valence electrons. The molecule has 1 aliphatic heterocycles. The summed E-state index contributed by atoms with van der Waals surface area (Å²) >= 11 is 6.29. The van der Waals surface area contributed by atoms with Gasteiger partial charge in [-0.05, 0) is 50.9 Å². The van der Waals surface area contributed by atoms with Crippen LogP contribution in [0.2, 0.25) is 5.02 Å². The molecule has 2 atom stereocenters. The van der Waals surface area contributed by atoms with Crippen LogP contribution in [0, 0.1) is 5.92 Å². The van der Waals surface area contributed by atoms with Gasteiger partial charge in [-0.1, -0.05) is 24.6 Å². The van der Waals surface area contributed by atoms with Gasteiger partial charge in [0.05, 0.1) is 7.11 Å². The number of nitrogens with zero attached hydrogens (tertiary/aromatic N) is 1. The molecule has 21 heavy (non-hydrogen) atoms. The van der Waals surface area contributed by atoms with E-state index in [0.29, 0.717) is 12.0 Å². The van der Waals surface area contributed by atoms with Gasteiger partial charge < -0.3 is 15.0 Å². The lowest BCUT2D eigenvalue weighted by atomic mass is 9.91. The summed E-state index contributed by atoms with van der Waals surface area (Å²) in [6.45, 7) is 8.89. The minimum absolute atomic E-state index is 0.486. The number of nitrogens with one attached hydrogen (secondary N) is 1. The van der Waals surface area contributed by atoms with Gasteiger partial charge in [-0.15, -0.1) is 0 Å². The van der Waals surface area contributed by atoms with Crippen LogP contribution in [0.15, 0.2) is 18.2 Å². The van der Waals surface area contributed by atoms with Crippen molar-refractivity contribution in [1.29, 1.82) is 0 Å². The van der Waals surface area contributed by atoms with E-state index in [4.69, 9.17) is 16.3 Å². The molecule has 4 heteroatoms. The number of ether oxygens (including phenoxy) is 1. The van der Waals surface area contributed by atoms with Gasteiger partial charge in [0.25, 0.3) is 0 Å². The van der Waals surface area contributed by atoms with Crippen molar-refractivity contribution in [3.05, 3.63) is 28.8 Å². The van der Waals surface area contributed by atoms with Crippen molar-refractivity contribution in [3.63, 3.8) is 0 Å². The van der Waals surface area contributed by atoms with Crippen LogP contribution in [0.1, 0.15) is 32.3 Å². The van der Waals surface area contributed by atoms with Gasteiger partial charge >= 0.3 is 0 Å². The number of methoxy groups -OCH3 is 1. The van der Waals surface area contributed by atoms with Gasteiger partial charge in [0, 0.05) is 29.7 Å². The Morgan fingerprint density at radius 3 is 3.00 bits per heavy atom. The van der Waals surface area contributed by atoms with Gasteiger partial charge in [0.1, 0.15) is 5.75 Å². The second kappa shape index (κ2) is 8.02. The summed E-state index contributed by atoms with van der Waals surface area (Å²) in [6, 6.07) is 6.30. The van der Waals surface area contributed by atoms with E-state index in [1.54, 1.807) is 7.11 Å². The van der Waals surface area contributed by atoms with E-state index in [1.165, 1.54) is 25.9 Å². The Hall–Kier alpha value is -0.770. The van der Waals surface area contributed by atoms with Crippen molar-refractivity contribution in [3.8, 4) is 5.75 Å². The molecule has 1 N–H and O–H groups in total. The molecule has 0 aromatic heterocycles. The lowest BCUT2D eigenvalue weighted by Crippen LogP contribution is -2.44. The second-order valence-corrected chi connectivity index (χ2v) is 6.29. The van der Waals surface area contributed by atoms with Crippen molar-refractivity contribution in [2.24, 2.45) is 5.92 Å². The number of rotatable bonds is 6. The fraction of sp³-hybridized carbons (Fsp3) is 0.647. The van der Waals surface area contributed by atoms with E-state index in [-0.39, 0.29) is 0 Å². The SMILES string of the molecule is CCN1CCCC(C(C)NCc2c(Cl)cccc2OC)C1. The Kier molecular flexibility index (Phi) is 6.34. The first-order chi connectivity index (χ1) is 10.2. The van der Waals surface area contributed by atoms with Crippen LogP contribution in [0.4, 0.5) is 0 Å². The zero-order valence-electron chi connectivity index (χ0n) is 13.4. The first-order valence-electron chi connectivity index (χ1n) is 7.92. The molecule has 1 fully saturated rings. The zero-order chi connectivity index (χ0) is 15.2. The summed E-state index contributed by atoms with van der Waals surface area (Å²) < 4.78 is 5.41. The monoisotopic (exact) mass is 310 g/mol. The van der Waals surface area contributed by atoms with Crippen molar-refractivity contribution in [2.45, 2.75) is 39.3 Å². The molecule has 0 radical (unpaired) electrons. The van der Waals surface area contributed by atoms with Crippen molar-refractivity contribution < 1.29 is 4.74 Å². The quantitative estimate of drug-likeness (QED) is 0.869. The highest BCUT2D eigenvalue weighted by Crippen LogP contribution is 2.27. The van der Waals surface area contributed by atoms with Crippen LogP contribution >= 0.6 is 11.6 Å². The van der Waals surface area contributed by atoms with Gasteiger partial charge in [-0.3, -0.25) is 0 Å². The molecule has 1 aliphatic rings. The molecule has 2 unspecified atom stereocenters. The predicted molar refractivity (Wildman–Crippen MR) is 89.1 cm³/mol. The van der Waals surface area contributed by atoms with Crippen molar-refractivity contribution in [1.82, 2.24) is 10.2 Å². The summed E-state index contributed by atoms with van der Waals surface area (Å²) in [5.74, 6) is 1.58. The van der Waals surface area contributed by atoms with Gasteiger partial charge in [-0.25, -0.2) is 0 Å². The Morgan fingerprint density at radius 2 is 2.29 bits per heavy atom. The standard InChI is InChI=1S/C17H27ClN2O/c1-4-20-10-6-7-14(12-20)13(2)19-11-15-16(18)8-5-9-17(15)21-3/h5,8-9,13-14,19H,4,6-7,10-12H2,1-3H3. The molecule has 2 rings (SSSR count). The smallest absolute Gasteiger partial charge is 0.124 e. The van der Waals surface area contributed by atoms with E-state index in [2.05, 4.69) is 24.1 Å². The Labute approximate surface area is 133 Å². The number of piperidine rings is 1. The third kappa shape index (κ3) is 4.35. The topological polar surface area (TPSA) is 24.5 Å². The Morgan fingerprint density at radius 1 is 1.48 bits per heavy atom. The van der Waals surface area contributed by atoms with Gasteiger partial charge in [-0.2, -0.15) is 0 Å². The number of benzene rings is 1. The summed E-state index contributed by atoms with van der Waals surface area (Å²) in [5, 5.41) is 4.41. The fourth-order valence-corrected chi connectivity index (χ4v) is 3.35. The summed E-state index contributed by atoms with van der Waals surface area (Å²) in [7, 11) is 1.69. The lowest BCUT2D eigenvalue weighted by Gasteiger charge is -2.35. The predicted octanol–water partition coefficient (Wildman–Crippen LogP) is 3.56. The molecular formula is C17H27ClN2O. The van der Waals surface area contributed by atoms with Crippen LogP contribution in [0.25, 0.3) is 0 Å². The Balaban J connectivity index is 1.93. The fourth-order valence-electron chi connectivity index (χ4n) is 3.12. The van der Waals surface area contributed by atoms with E-state index < -0.39 is 0 Å². The molecular weight excluding hydrogens is 284 g/mol. The molecule has 0 bridgehead atoms. The second-order valence-electron chi connectivity index (χ2n) is 5.89. The number of halogens is 1. The van der Waals surface area contributed by atoms with Gasteiger partial charge in [0.2, 0.25) is 0 Å². The van der Waals surface area contributed by atoms with E-state index >= 15 is 0 Å². The molecule has 0 amide bonds. The molecule has 0 saturated carbocycles. The summed E-state index contributed by atoms with van der Waals surface area (Å²) in [5.41, 5.74) is 1.05. The average Bonchev–Trinajstić information content (AvgIpc) is 2.53. The highest BCUT2D eigenvalue weighted by atomic mass is 35.5. The maximum atomic E-state index is 6.29. The summed E-state index contributed by atoms with van der Waals surface area (Å²) in [6.07, 6.45) is 2.62. The highest BCUT2D eigenvalue weighted by molar-refractivity contribution is 6.31. The lowest BCUT2D eigenvalue weighted by molar-refractivity contribution is 0.156. The number of hydrogen-bond donors (Lipinski definition) is 1. The third-order valence-corrected chi connectivity index (χ3v) is 4.95. The molecule has 1 saturated heterocycles. The van der Waals surface area contributed by atoms with Crippen LogP contribution in [0.3, 0.4) is 0 Å². The summed E-state index contributed by atoms with van der Waals surface area (Å²) in [4.78, 5) is 2.54. The molecule has 1 aromatic rings.